The number of para-hydroxylation sites is 1. The number of benzene rings is 2. The van der Waals surface area contributed by atoms with Gasteiger partial charge >= 0.3 is 0 Å². The summed E-state index contributed by atoms with van der Waals surface area (Å²) in [4.78, 5) is 0. The molecule has 0 saturated heterocycles. The Bertz CT molecular complexity index is 654. The van der Waals surface area contributed by atoms with Crippen molar-refractivity contribution in [3.05, 3.63) is 42.0 Å². The van der Waals surface area contributed by atoms with Crippen LogP contribution < -0.4 is 19.9 Å². The summed E-state index contributed by atoms with van der Waals surface area (Å²) < 4.78 is 16.9. The van der Waals surface area contributed by atoms with Gasteiger partial charge in [-0.15, -0.1) is 0 Å². The molecule has 2 N–H and O–H groups in total. The molecule has 1 heterocycles. The first-order chi connectivity index (χ1) is 10.3. The highest BCUT2D eigenvalue weighted by Crippen LogP contribution is 2.44. The van der Waals surface area contributed by atoms with Gasteiger partial charge in [-0.25, -0.2) is 0 Å². The lowest BCUT2D eigenvalue weighted by Gasteiger charge is -2.14. The van der Waals surface area contributed by atoms with E-state index in [9.17, 15) is 0 Å². The molecule has 0 aliphatic carbocycles. The van der Waals surface area contributed by atoms with Gasteiger partial charge in [-0.2, -0.15) is 0 Å². The molecule has 0 amide bonds. The van der Waals surface area contributed by atoms with Crippen molar-refractivity contribution in [3.8, 4) is 28.4 Å². The molecule has 0 saturated carbocycles. The van der Waals surface area contributed by atoms with Gasteiger partial charge < -0.3 is 19.9 Å². The molecule has 0 aromatic heterocycles. The molecule has 0 bridgehead atoms. The minimum absolute atomic E-state index is 0.0283. The van der Waals surface area contributed by atoms with Crippen LogP contribution in [0.25, 0.3) is 11.1 Å². The summed E-state index contributed by atoms with van der Waals surface area (Å²) in [6.45, 7) is 0.502. The van der Waals surface area contributed by atoms with Gasteiger partial charge in [-0.3, -0.25) is 0 Å². The number of hydrogen-bond acceptors (Lipinski definition) is 4. The zero-order valence-electron chi connectivity index (χ0n) is 12.3. The van der Waals surface area contributed by atoms with Crippen LogP contribution in [0.5, 0.6) is 17.2 Å². The monoisotopic (exact) mass is 285 g/mol. The third-order valence-corrected chi connectivity index (χ3v) is 3.77. The van der Waals surface area contributed by atoms with Crippen molar-refractivity contribution in [1.82, 2.24) is 0 Å². The van der Waals surface area contributed by atoms with Gasteiger partial charge in [0.25, 0.3) is 0 Å². The van der Waals surface area contributed by atoms with Gasteiger partial charge in [0.05, 0.1) is 14.2 Å². The first kappa shape index (κ1) is 13.8. The predicted octanol–water partition coefficient (Wildman–Crippen LogP) is 2.63. The van der Waals surface area contributed by atoms with Crippen molar-refractivity contribution < 1.29 is 14.2 Å². The Morgan fingerprint density at radius 3 is 2.67 bits per heavy atom. The van der Waals surface area contributed by atoms with Gasteiger partial charge in [0, 0.05) is 29.7 Å². The number of nitrogens with two attached hydrogens (primary N) is 1. The van der Waals surface area contributed by atoms with Gasteiger partial charge in [0.15, 0.2) is 0 Å². The van der Waals surface area contributed by atoms with Crippen molar-refractivity contribution >= 4 is 0 Å². The molecule has 0 fully saturated rings. The molecule has 1 atom stereocenters. The van der Waals surface area contributed by atoms with E-state index in [4.69, 9.17) is 19.9 Å². The van der Waals surface area contributed by atoms with E-state index in [-0.39, 0.29) is 6.10 Å². The lowest BCUT2D eigenvalue weighted by molar-refractivity contribution is 0.242. The number of methoxy groups -OCH3 is 2. The fraction of sp³-hybridized carbons (Fsp3) is 0.294. The molecule has 1 aliphatic heterocycles. The maximum absolute atomic E-state index is 6.00. The summed E-state index contributed by atoms with van der Waals surface area (Å²) in [6, 6.07) is 11.9. The highest BCUT2D eigenvalue weighted by atomic mass is 16.5. The summed E-state index contributed by atoms with van der Waals surface area (Å²) in [5.74, 6) is 2.51. The molecular weight excluding hydrogens is 266 g/mol. The van der Waals surface area contributed by atoms with Crippen molar-refractivity contribution in [2.75, 3.05) is 20.8 Å². The van der Waals surface area contributed by atoms with Crippen LogP contribution in [0.3, 0.4) is 0 Å². The molecule has 2 aromatic carbocycles. The Labute approximate surface area is 124 Å². The second-order valence-corrected chi connectivity index (χ2v) is 5.04. The summed E-state index contributed by atoms with van der Waals surface area (Å²) in [6.07, 6.45) is 0.839. The molecular formula is C17H19NO3. The molecule has 0 unspecified atom stereocenters. The lowest BCUT2D eigenvalue weighted by Crippen LogP contribution is -2.24. The predicted molar refractivity (Wildman–Crippen MR) is 82.2 cm³/mol. The Balaban J connectivity index is 2.16. The molecule has 2 aromatic rings. The van der Waals surface area contributed by atoms with Crippen LogP contribution in [0.2, 0.25) is 0 Å². The second kappa shape index (κ2) is 5.66. The Kier molecular flexibility index (Phi) is 3.71. The van der Waals surface area contributed by atoms with Gasteiger partial charge in [-0.05, 0) is 18.2 Å². The maximum Gasteiger partial charge on any atom is 0.131 e. The number of hydrogen-bond donors (Lipinski definition) is 1. The molecule has 3 rings (SSSR count). The SMILES string of the molecule is COc1cc2c(c(-c3ccccc3OC)c1)O[C@@H](CN)C2. The largest absolute Gasteiger partial charge is 0.497 e. The quantitative estimate of drug-likeness (QED) is 0.938. The van der Waals surface area contributed by atoms with E-state index < -0.39 is 0 Å². The van der Waals surface area contributed by atoms with Crippen LogP contribution in [0, 0.1) is 0 Å². The molecule has 1 aliphatic rings. The Morgan fingerprint density at radius 1 is 1.14 bits per heavy atom. The van der Waals surface area contributed by atoms with E-state index >= 15 is 0 Å². The number of fused-ring (bicyclic) bond motifs is 1. The smallest absolute Gasteiger partial charge is 0.131 e. The zero-order valence-corrected chi connectivity index (χ0v) is 12.3. The van der Waals surface area contributed by atoms with Crippen LogP contribution in [-0.4, -0.2) is 26.9 Å². The zero-order chi connectivity index (χ0) is 14.8. The summed E-state index contributed by atoms with van der Waals surface area (Å²) in [5, 5.41) is 0. The van der Waals surface area contributed by atoms with E-state index in [1.54, 1.807) is 14.2 Å². The first-order valence-electron chi connectivity index (χ1n) is 6.97. The Morgan fingerprint density at radius 2 is 1.95 bits per heavy atom. The van der Waals surface area contributed by atoms with Crippen molar-refractivity contribution in [2.45, 2.75) is 12.5 Å². The number of rotatable bonds is 4. The maximum atomic E-state index is 6.00. The average molecular weight is 285 g/mol. The molecule has 0 radical (unpaired) electrons. The third-order valence-electron chi connectivity index (χ3n) is 3.77. The van der Waals surface area contributed by atoms with Crippen molar-refractivity contribution in [3.63, 3.8) is 0 Å². The molecule has 0 spiro atoms. The molecule has 21 heavy (non-hydrogen) atoms. The van der Waals surface area contributed by atoms with E-state index in [2.05, 4.69) is 0 Å². The normalized spacial score (nSPS) is 16.2. The van der Waals surface area contributed by atoms with Gasteiger partial charge in [0.2, 0.25) is 0 Å². The topological polar surface area (TPSA) is 53.7 Å². The fourth-order valence-electron chi connectivity index (χ4n) is 2.72. The third kappa shape index (κ3) is 2.43. The van der Waals surface area contributed by atoms with E-state index in [0.29, 0.717) is 6.54 Å². The summed E-state index contributed by atoms with van der Waals surface area (Å²) in [5.41, 5.74) is 8.86. The van der Waals surface area contributed by atoms with Gasteiger partial charge in [0.1, 0.15) is 23.4 Å². The second-order valence-electron chi connectivity index (χ2n) is 5.04. The minimum Gasteiger partial charge on any atom is -0.497 e. The average Bonchev–Trinajstić information content (AvgIpc) is 2.96. The van der Waals surface area contributed by atoms with Crippen LogP contribution in [0.15, 0.2) is 36.4 Å². The molecule has 110 valence electrons. The highest BCUT2D eigenvalue weighted by Gasteiger charge is 2.27. The Hall–Kier alpha value is -2.20. The van der Waals surface area contributed by atoms with Crippen molar-refractivity contribution in [1.29, 1.82) is 0 Å². The lowest BCUT2D eigenvalue weighted by atomic mass is 9.99. The first-order valence-corrected chi connectivity index (χ1v) is 6.97. The summed E-state index contributed by atoms with van der Waals surface area (Å²) >= 11 is 0. The van der Waals surface area contributed by atoms with Crippen LogP contribution in [0.4, 0.5) is 0 Å². The van der Waals surface area contributed by atoms with E-state index in [1.165, 1.54) is 0 Å². The van der Waals surface area contributed by atoms with E-state index in [1.807, 2.05) is 36.4 Å². The van der Waals surface area contributed by atoms with E-state index in [0.717, 1.165) is 40.4 Å². The molecule has 4 nitrogen and oxygen atoms in total. The van der Waals surface area contributed by atoms with Crippen molar-refractivity contribution in [2.24, 2.45) is 5.73 Å². The highest BCUT2D eigenvalue weighted by molar-refractivity contribution is 5.79. The fourth-order valence-corrected chi connectivity index (χ4v) is 2.72. The van der Waals surface area contributed by atoms with Crippen LogP contribution in [-0.2, 0) is 6.42 Å². The van der Waals surface area contributed by atoms with Gasteiger partial charge in [-0.1, -0.05) is 18.2 Å². The standard InChI is InChI=1S/C17H19NO3/c1-19-12-7-11-8-13(10-18)21-17(11)15(9-12)14-5-3-4-6-16(14)20-2/h3-7,9,13H,8,10,18H2,1-2H3/t13-/m1/s1. The van der Waals surface area contributed by atoms with Crippen LogP contribution in [0.1, 0.15) is 5.56 Å². The minimum atomic E-state index is 0.0283. The van der Waals surface area contributed by atoms with Crippen LogP contribution >= 0.6 is 0 Å². The summed E-state index contributed by atoms with van der Waals surface area (Å²) in [7, 11) is 3.34. The molecule has 4 heteroatoms. The number of ether oxygens (including phenoxy) is 3.